The summed E-state index contributed by atoms with van der Waals surface area (Å²) in [7, 11) is 1.53. The number of hydrogen-bond acceptors (Lipinski definition) is 5. The molecule has 1 aromatic heterocycles. The monoisotopic (exact) mass is 404 g/mol. The molecule has 2 aromatic carbocycles. The number of carbonyl (C=O) groups is 2. The van der Waals surface area contributed by atoms with Crippen LogP contribution in [0, 0.1) is 0 Å². The van der Waals surface area contributed by atoms with E-state index < -0.39 is 11.9 Å². The molecule has 0 saturated carbocycles. The largest absolute Gasteiger partial charge is 0.495 e. The third-order valence-corrected chi connectivity index (χ3v) is 5.34. The molecule has 1 aliphatic rings. The molecule has 3 aromatic rings. The molecule has 6 nitrogen and oxygen atoms in total. The second-order valence-corrected chi connectivity index (χ2v) is 7.31. The number of aryl methyl sites for hydroxylation is 1. The first-order chi connectivity index (χ1) is 14.7. The van der Waals surface area contributed by atoms with Crippen LogP contribution in [0.15, 0.2) is 48.5 Å². The zero-order chi connectivity index (χ0) is 20.9. The van der Waals surface area contributed by atoms with Crippen LogP contribution in [0.3, 0.4) is 0 Å². The second kappa shape index (κ2) is 8.95. The van der Waals surface area contributed by atoms with Gasteiger partial charge in [-0.25, -0.2) is 4.79 Å². The number of amides is 1. The molecule has 0 unspecified atom stereocenters. The molecule has 0 radical (unpaired) electrons. The van der Waals surface area contributed by atoms with Gasteiger partial charge in [-0.15, -0.1) is 0 Å². The molecule has 30 heavy (non-hydrogen) atoms. The molecule has 1 heterocycles. The van der Waals surface area contributed by atoms with Crippen molar-refractivity contribution in [2.24, 2.45) is 0 Å². The molecule has 0 atom stereocenters. The number of carbonyl (C=O) groups excluding carboxylic acids is 2. The maximum absolute atomic E-state index is 13.1. The zero-order valence-corrected chi connectivity index (χ0v) is 16.9. The standard InChI is InChI=1S/C24H24N2O4/c1-29-21-14-8-7-13-20(21)26-22(27)15-30-24(28)23-16-9-3-2-4-11-18(16)25-19-12-6-5-10-17(19)23/h5-8,10,12-14H,2-4,9,11,15H2,1H3,(H,26,27). The van der Waals surface area contributed by atoms with E-state index in [9.17, 15) is 9.59 Å². The number of anilines is 1. The minimum absolute atomic E-state index is 0.373. The van der Waals surface area contributed by atoms with Gasteiger partial charge in [0.1, 0.15) is 5.75 Å². The summed E-state index contributed by atoms with van der Waals surface area (Å²) in [6.45, 7) is -0.373. The van der Waals surface area contributed by atoms with Crippen LogP contribution in [0.5, 0.6) is 5.75 Å². The van der Waals surface area contributed by atoms with Crippen molar-refractivity contribution in [2.75, 3.05) is 19.0 Å². The van der Waals surface area contributed by atoms with Crippen LogP contribution in [-0.2, 0) is 22.4 Å². The Morgan fingerprint density at radius 2 is 1.77 bits per heavy atom. The summed E-state index contributed by atoms with van der Waals surface area (Å²) in [4.78, 5) is 30.2. The number of aromatic nitrogens is 1. The van der Waals surface area contributed by atoms with Gasteiger partial charge < -0.3 is 14.8 Å². The first kappa shape index (κ1) is 19.9. The van der Waals surface area contributed by atoms with Crippen molar-refractivity contribution in [1.82, 2.24) is 4.98 Å². The average Bonchev–Trinajstić information content (AvgIpc) is 3.01. The SMILES string of the molecule is COc1ccccc1NC(=O)COC(=O)c1c2c(nc3ccccc13)CCCCC2. The minimum Gasteiger partial charge on any atom is -0.495 e. The van der Waals surface area contributed by atoms with Crippen LogP contribution < -0.4 is 10.1 Å². The van der Waals surface area contributed by atoms with Gasteiger partial charge >= 0.3 is 5.97 Å². The van der Waals surface area contributed by atoms with Crippen LogP contribution >= 0.6 is 0 Å². The van der Waals surface area contributed by atoms with Crippen molar-refractivity contribution in [3.05, 3.63) is 65.4 Å². The lowest BCUT2D eigenvalue weighted by atomic mass is 9.97. The Morgan fingerprint density at radius 1 is 1.00 bits per heavy atom. The molecule has 0 fully saturated rings. The van der Waals surface area contributed by atoms with Gasteiger partial charge in [-0.1, -0.05) is 36.8 Å². The molecule has 1 N–H and O–H groups in total. The van der Waals surface area contributed by atoms with Gasteiger partial charge in [0.15, 0.2) is 6.61 Å². The number of pyridine rings is 1. The topological polar surface area (TPSA) is 77.5 Å². The maximum atomic E-state index is 13.1. The fourth-order valence-corrected chi connectivity index (χ4v) is 3.92. The van der Waals surface area contributed by atoms with Gasteiger partial charge in [-0.3, -0.25) is 9.78 Å². The number of para-hydroxylation sites is 3. The summed E-state index contributed by atoms with van der Waals surface area (Å²) in [6.07, 6.45) is 4.85. The van der Waals surface area contributed by atoms with Crippen molar-refractivity contribution in [1.29, 1.82) is 0 Å². The van der Waals surface area contributed by atoms with E-state index in [2.05, 4.69) is 5.32 Å². The first-order valence-corrected chi connectivity index (χ1v) is 10.2. The highest BCUT2D eigenvalue weighted by molar-refractivity contribution is 6.06. The van der Waals surface area contributed by atoms with Crippen molar-refractivity contribution in [3.63, 3.8) is 0 Å². The van der Waals surface area contributed by atoms with E-state index >= 15 is 0 Å². The van der Waals surface area contributed by atoms with Gasteiger partial charge in [-0.05, 0) is 49.4 Å². The number of ether oxygens (including phenoxy) is 2. The molecule has 0 bridgehead atoms. The van der Waals surface area contributed by atoms with E-state index in [4.69, 9.17) is 14.5 Å². The fraction of sp³-hybridized carbons (Fsp3) is 0.292. The van der Waals surface area contributed by atoms with Crippen LogP contribution in [0.4, 0.5) is 5.69 Å². The van der Waals surface area contributed by atoms with Crippen LogP contribution in [-0.4, -0.2) is 30.6 Å². The number of methoxy groups -OCH3 is 1. The number of nitrogens with zero attached hydrogens (tertiary/aromatic N) is 1. The van der Waals surface area contributed by atoms with Crippen molar-refractivity contribution < 1.29 is 19.1 Å². The highest BCUT2D eigenvalue weighted by Gasteiger charge is 2.23. The van der Waals surface area contributed by atoms with Gasteiger partial charge in [-0.2, -0.15) is 0 Å². The van der Waals surface area contributed by atoms with E-state index in [1.807, 2.05) is 30.3 Å². The van der Waals surface area contributed by atoms with Crippen molar-refractivity contribution in [2.45, 2.75) is 32.1 Å². The Morgan fingerprint density at radius 3 is 2.63 bits per heavy atom. The Hall–Kier alpha value is -3.41. The highest BCUT2D eigenvalue weighted by Crippen LogP contribution is 2.29. The van der Waals surface area contributed by atoms with Crippen LogP contribution in [0.25, 0.3) is 10.9 Å². The summed E-state index contributed by atoms with van der Waals surface area (Å²) in [5.41, 5.74) is 3.79. The summed E-state index contributed by atoms with van der Waals surface area (Å²) < 4.78 is 10.7. The van der Waals surface area contributed by atoms with Gasteiger partial charge in [0, 0.05) is 11.1 Å². The molecule has 0 spiro atoms. The minimum atomic E-state index is -0.484. The smallest absolute Gasteiger partial charge is 0.339 e. The lowest BCUT2D eigenvalue weighted by molar-refractivity contribution is -0.119. The van der Waals surface area contributed by atoms with E-state index in [0.717, 1.165) is 54.3 Å². The van der Waals surface area contributed by atoms with Crippen LogP contribution in [0.1, 0.15) is 40.9 Å². The summed E-state index contributed by atoms with van der Waals surface area (Å²) in [6, 6.07) is 14.7. The summed E-state index contributed by atoms with van der Waals surface area (Å²) in [5.74, 6) is -0.359. The summed E-state index contributed by atoms with van der Waals surface area (Å²) >= 11 is 0. The molecular formula is C24H24N2O4. The molecular weight excluding hydrogens is 380 g/mol. The number of esters is 1. The van der Waals surface area contributed by atoms with E-state index in [0.29, 0.717) is 17.0 Å². The quantitative estimate of drug-likeness (QED) is 0.507. The highest BCUT2D eigenvalue weighted by atomic mass is 16.5. The Balaban J connectivity index is 1.56. The van der Waals surface area contributed by atoms with Gasteiger partial charge in [0.05, 0.1) is 23.9 Å². The van der Waals surface area contributed by atoms with Crippen molar-refractivity contribution in [3.8, 4) is 5.75 Å². The third kappa shape index (κ3) is 4.13. The average molecular weight is 404 g/mol. The molecule has 6 heteroatoms. The van der Waals surface area contributed by atoms with Gasteiger partial charge in [0.25, 0.3) is 5.91 Å². The molecule has 154 valence electrons. The molecule has 0 aliphatic heterocycles. The molecule has 0 saturated heterocycles. The van der Waals surface area contributed by atoms with Crippen LogP contribution in [0.2, 0.25) is 0 Å². The predicted octanol–water partition coefficient (Wildman–Crippen LogP) is 4.31. The summed E-state index contributed by atoms with van der Waals surface area (Å²) in [5, 5.41) is 3.50. The number of rotatable bonds is 5. The molecule has 1 amide bonds. The van der Waals surface area contributed by atoms with E-state index in [1.54, 1.807) is 18.2 Å². The van der Waals surface area contributed by atoms with E-state index in [1.165, 1.54) is 7.11 Å². The lowest BCUT2D eigenvalue weighted by Crippen LogP contribution is -2.22. The third-order valence-electron chi connectivity index (χ3n) is 5.34. The number of benzene rings is 2. The van der Waals surface area contributed by atoms with Crippen molar-refractivity contribution >= 4 is 28.5 Å². The number of fused-ring (bicyclic) bond motifs is 2. The molecule has 4 rings (SSSR count). The fourth-order valence-electron chi connectivity index (χ4n) is 3.92. The predicted molar refractivity (Wildman–Crippen MR) is 115 cm³/mol. The van der Waals surface area contributed by atoms with Gasteiger partial charge in [0.2, 0.25) is 0 Å². The lowest BCUT2D eigenvalue weighted by Gasteiger charge is -2.15. The normalized spacial score (nSPS) is 13.2. The first-order valence-electron chi connectivity index (χ1n) is 10.2. The second-order valence-electron chi connectivity index (χ2n) is 7.31. The molecule has 1 aliphatic carbocycles. The number of hydrogen-bond donors (Lipinski definition) is 1. The van der Waals surface area contributed by atoms with E-state index in [-0.39, 0.29) is 6.61 Å². The Labute approximate surface area is 175 Å². The number of nitrogens with one attached hydrogen (secondary N) is 1. The maximum Gasteiger partial charge on any atom is 0.339 e. The Bertz CT molecular complexity index is 1090. The zero-order valence-electron chi connectivity index (χ0n) is 16.9. The Kier molecular flexibility index (Phi) is 5.93.